The Labute approximate surface area is 182 Å². The van der Waals surface area contributed by atoms with Crippen molar-refractivity contribution in [2.24, 2.45) is 11.8 Å². The van der Waals surface area contributed by atoms with Gasteiger partial charge in [-0.15, -0.1) is 0 Å². The van der Waals surface area contributed by atoms with Crippen LogP contribution >= 0.6 is 0 Å². The minimum atomic E-state index is -0.572. The highest BCUT2D eigenvalue weighted by Crippen LogP contribution is 2.45. The number of aromatic nitrogens is 3. The SMILES string of the molecule is O=CCCC(CN1C[C@@H]2CC(O)(Cc3ccccc3)C[C@@H]2C1)c1ccc2n[nH]nc2c1. The fraction of sp³-hybridized carbons (Fsp3) is 0.480. The first kappa shape index (κ1) is 20.3. The summed E-state index contributed by atoms with van der Waals surface area (Å²) in [7, 11) is 0. The van der Waals surface area contributed by atoms with Crippen molar-refractivity contribution in [3.8, 4) is 0 Å². The van der Waals surface area contributed by atoms with E-state index < -0.39 is 5.60 Å². The number of hydrogen-bond donors (Lipinski definition) is 2. The van der Waals surface area contributed by atoms with E-state index in [-0.39, 0.29) is 0 Å². The summed E-state index contributed by atoms with van der Waals surface area (Å²) in [6.45, 7) is 3.01. The summed E-state index contributed by atoms with van der Waals surface area (Å²) in [5, 5.41) is 22.3. The van der Waals surface area contributed by atoms with Crippen molar-refractivity contribution >= 4 is 17.3 Å². The maximum atomic E-state index is 11.2. The number of nitrogens with one attached hydrogen (secondary N) is 1. The predicted molar refractivity (Wildman–Crippen MR) is 120 cm³/mol. The third-order valence-electron chi connectivity index (χ3n) is 7.24. The molecule has 0 bridgehead atoms. The summed E-state index contributed by atoms with van der Waals surface area (Å²) in [6, 6.07) is 16.6. The van der Waals surface area contributed by atoms with Gasteiger partial charge in [0.2, 0.25) is 0 Å². The van der Waals surface area contributed by atoms with Gasteiger partial charge < -0.3 is 14.8 Å². The van der Waals surface area contributed by atoms with Crippen LogP contribution in [-0.2, 0) is 11.2 Å². The molecule has 4 atom stereocenters. The van der Waals surface area contributed by atoms with Gasteiger partial charge in [0.05, 0.1) is 5.60 Å². The Morgan fingerprint density at radius 1 is 1.10 bits per heavy atom. The van der Waals surface area contributed by atoms with Gasteiger partial charge in [0.25, 0.3) is 0 Å². The third-order valence-corrected chi connectivity index (χ3v) is 7.24. The number of rotatable bonds is 8. The number of carbonyl (C=O) groups excluding carboxylic acids is 1. The number of benzene rings is 2. The monoisotopic (exact) mass is 418 g/mol. The molecule has 2 aliphatic rings. The summed E-state index contributed by atoms with van der Waals surface area (Å²) in [6.07, 6.45) is 4.94. The van der Waals surface area contributed by atoms with E-state index in [9.17, 15) is 9.90 Å². The zero-order valence-corrected chi connectivity index (χ0v) is 17.8. The maximum absolute atomic E-state index is 11.2. The highest BCUT2D eigenvalue weighted by Gasteiger charge is 2.48. The summed E-state index contributed by atoms with van der Waals surface area (Å²) >= 11 is 0. The Kier molecular flexibility index (Phi) is 5.59. The van der Waals surface area contributed by atoms with Crippen molar-refractivity contribution in [1.82, 2.24) is 20.3 Å². The molecule has 1 aromatic heterocycles. The van der Waals surface area contributed by atoms with Crippen LogP contribution in [0.15, 0.2) is 48.5 Å². The number of H-pyrrole nitrogens is 1. The summed E-state index contributed by atoms with van der Waals surface area (Å²) in [4.78, 5) is 13.6. The second-order valence-corrected chi connectivity index (χ2v) is 9.55. The molecule has 0 amide bonds. The number of aliphatic hydroxyl groups is 1. The van der Waals surface area contributed by atoms with Crippen LogP contribution in [0.3, 0.4) is 0 Å². The topological polar surface area (TPSA) is 82.1 Å². The first-order valence-corrected chi connectivity index (χ1v) is 11.3. The van der Waals surface area contributed by atoms with E-state index in [1.807, 2.05) is 24.3 Å². The van der Waals surface area contributed by atoms with Crippen molar-refractivity contribution in [2.75, 3.05) is 19.6 Å². The fourth-order valence-corrected chi connectivity index (χ4v) is 5.88. The number of likely N-dealkylation sites (tertiary alicyclic amines) is 1. The number of hydrogen-bond acceptors (Lipinski definition) is 5. The van der Waals surface area contributed by atoms with E-state index in [1.54, 1.807) is 0 Å². The van der Waals surface area contributed by atoms with Gasteiger partial charge in [-0.2, -0.15) is 15.4 Å². The lowest BCUT2D eigenvalue weighted by atomic mass is 9.91. The number of aromatic amines is 1. The molecule has 6 nitrogen and oxygen atoms in total. The van der Waals surface area contributed by atoms with E-state index >= 15 is 0 Å². The van der Waals surface area contributed by atoms with Crippen molar-refractivity contribution < 1.29 is 9.90 Å². The number of nitrogens with zero attached hydrogens (tertiary/aromatic N) is 3. The molecule has 1 saturated heterocycles. The van der Waals surface area contributed by atoms with Crippen molar-refractivity contribution in [3.05, 3.63) is 59.7 Å². The van der Waals surface area contributed by atoms with E-state index in [0.29, 0.717) is 24.2 Å². The Hall–Kier alpha value is -2.57. The molecule has 6 heteroatoms. The van der Waals surface area contributed by atoms with Gasteiger partial charge in [0.1, 0.15) is 17.3 Å². The van der Waals surface area contributed by atoms with Crippen LogP contribution in [0.4, 0.5) is 0 Å². The zero-order valence-electron chi connectivity index (χ0n) is 17.8. The molecule has 2 heterocycles. The summed E-state index contributed by atoms with van der Waals surface area (Å²) in [5.74, 6) is 1.41. The second-order valence-electron chi connectivity index (χ2n) is 9.55. The average Bonchev–Trinajstić information content (AvgIpc) is 3.44. The minimum absolute atomic E-state index is 0.299. The van der Waals surface area contributed by atoms with Gasteiger partial charge >= 0.3 is 0 Å². The molecule has 0 spiro atoms. The maximum Gasteiger partial charge on any atom is 0.120 e. The first-order chi connectivity index (χ1) is 15.1. The number of fused-ring (bicyclic) bond motifs is 2. The highest BCUT2D eigenvalue weighted by molar-refractivity contribution is 5.74. The smallest absolute Gasteiger partial charge is 0.120 e. The average molecular weight is 419 g/mol. The van der Waals surface area contributed by atoms with Crippen molar-refractivity contribution in [1.29, 1.82) is 0 Å². The molecule has 2 fully saturated rings. The van der Waals surface area contributed by atoms with Crippen molar-refractivity contribution in [2.45, 2.75) is 43.6 Å². The van der Waals surface area contributed by atoms with Crippen LogP contribution in [0.2, 0.25) is 0 Å². The molecular weight excluding hydrogens is 388 g/mol. The quantitative estimate of drug-likeness (QED) is 0.549. The van der Waals surface area contributed by atoms with Gasteiger partial charge in [-0.1, -0.05) is 36.4 Å². The molecule has 31 heavy (non-hydrogen) atoms. The van der Waals surface area contributed by atoms with Crippen LogP contribution in [-0.4, -0.2) is 56.9 Å². The molecule has 2 N–H and O–H groups in total. The van der Waals surface area contributed by atoms with E-state index in [2.05, 4.69) is 44.6 Å². The number of carbonyl (C=O) groups is 1. The molecule has 1 aliphatic carbocycles. The van der Waals surface area contributed by atoms with Gasteiger partial charge in [0, 0.05) is 32.5 Å². The van der Waals surface area contributed by atoms with Crippen LogP contribution in [0, 0.1) is 11.8 Å². The molecule has 0 radical (unpaired) electrons. The molecule has 2 aromatic carbocycles. The van der Waals surface area contributed by atoms with Crippen LogP contribution in [0.25, 0.3) is 11.0 Å². The molecule has 3 aromatic rings. The summed E-state index contributed by atoms with van der Waals surface area (Å²) in [5.41, 5.74) is 3.61. The second kappa shape index (κ2) is 8.52. The van der Waals surface area contributed by atoms with E-state index in [0.717, 1.165) is 62.6 Å². The normalized spacial score (nSPS) is 26.9. The molecule has 162 valence electrons. The lowest BCUT2D eigenvalue weighted by Crippen LogP contribution is -2.33. The van der Waals surface area contributed by atoms with Gasteiger partial charge in [0.15, 0.2) is 0 Å². The fourth-order valence-electron chi connectivity index (χ4n) is 5.88. The molecule has 5 rings (SSSR count). The minimum Gasteiger partial charge on any atom is -0.390 e. The lowest BCUT2D eigenvalue weighted by molar-refractivity contribution is -0.108. The lowest BCUT2D eigenvalue weighted by Gasteiger charge is -2.28. The first-order valence-electron chi connectivity index (χ1n) is 11.3. The molecular formula is C25H30N4O2. The molecule has 2 unspecified atom stereocenters. The van der Waals surface area contributed by atoms with E-state index in [1.165, 1.54) is 11.1 Å². The Morgan fingerprint density at radius 3 is 2.58 bits per heavy atom. The zero-order chi connectivity index (χ0) is 21.3. The third kappa shape index (κ3) is 4.41. The van der Waals surface area contributed by atoms with Crippen molar-refractivity contribution in [3.63, 3.8) is 0 Å². The van der Waals surface area contributed by atoms with Crippen LogP contribution < -0.4 is 0 Å². The van der Waals surface area contributed by atoms with Gasteiger partial charge in [-0.3, -0.25) is 0 Å². The molecule has 1 aliphatic heterocycles. The van der Waals surface area contributed by atoms with Crippen LogP contribution in [0.1, 0.15) is 42.7 Å². The van der Waals surface area contributed by atoms with Gasteiger partial charge in [-0.05, 0) is 60.3 Å². The predicted octanol–water partition coefficient (Wildman–Crippen LogP) is 3.34. The highest BCUT2D eigenvalue weighted by atomic mass is 16.3. The Balaban J connectivity index is 1.24. The van der Waals surface area contributed by atoms with Gasteiger partial charge in [-0.25, -0.2) is 0 Å². The largest absolute Gasteiger partial charge is 0.390 e. The standard InChI is InChI=1S/C25H30N4O2/c30-10-4-7-20(19-8-9-23-24(11-19)27-28-26-23)15-29-16-21-13-25(31,14-22(21)17-29)12-18-5-2-1-3-6-18/h1-3,5-6,8-11,20-22,31H,4,7,12-17H2,(H,26,27,28)/t20?,21-,22+,25?. The van der Waals surface area contributed by atoms with Crippen LogP contribution in [0.5, 0.6) is 0 Å². The van der Waals surface area contributed by atoms with E-state index in [4.69, 9.17) is 0 Å². The summed E-state index contributed by atoms with van der Waals surface area (Å²) < 4.78 is 0. The Bertz CT molecular complexity index is 1020. The number of aldehydes is 1. The Morgan fingerprint density at radius 2 is 1.84 bits per heavy atom. The molecule has 1 saturated carbocycles.